The van der Waals surface area contributed by atoms with E-state index in [9.17, 15) is 5.02 Å². The molecule has 0 unspecified atom stereocenters. The molecule has 0 fully saturated rings. The summed E-state index contributed by atoms with van der Waals surface area (Å²) in [5, 5.41) is 9.33. The molecule has 1 rings (SSSR count). The van der Waals surface area contributed by atoms with Crippen LogP contribution in [0.3, 0.4) is 0 Å². The zero-order chi connectivity index (χ0) is 9.68. The standard InChI is InChI=1S/C10H15BO2/c1-3-4-9-5-7-10(8-6-9)11(12)13-2/h5-8,12H,3-4H2,1-2H3. The molecule has 0 spiro atoms. The predicted octanol–water partition coefficient (Wildman–Crippen LogP) is 0.973. The van der Waals surface area contributed by atoms with E-state index in [-0.39, 0.29) is 0 Å². The number of benzene rings is 1. The van der Waals surface area contributed by atoms with Gasteiger partial charge in [0.2, 0.25) is 0 Å². The third-order valence-electron chi connectivity index (χ3n) is 2.03. The van der Waals surface area contributed by atoms with E-state index < -0.39 is 7.12 Å². The molecule has 2 nitrogen and oxygen atoms in total. The summed E-state index contributed by atoms with van der Waals surface area (Å²) in [5.41, 5.74) is 2.11. The van der Waals surface area contributed by atoms with Gasteiger partial charge in [-0.3, -0.25) is 0 Å². The third-order valence-corrected chi connectivity index (χ3v) is 2.03. The molecule has 0 aliphatic carbocycles. The van der Waals surface area contributed by atoms with Crippen LogP contribution in [0.15, 0.2) is 24.3 Å². The van der Waals surface area contributed by atoms with Crippen LogP contribution in [0.25, 0.3) is 0 Å². The quantitative estimate of drug-likeness (QED) is 0.696. The van der Waals surface area contributed by atoms with Gasteiger partial charge in [-0.05, 0) is 17.4 Å². The van der Waals surface area contributed by atoms with Gasteiger partial charge in [-0.25, -0.2) is 0 Å². The predicted molar refractivity (Wildman–Crippen MR) is 55.1 cm³/mol. The number of hydrogen-bond donors (Lipinski definition) is 1. The zero-order valence-electron chi connectivity index (χ0n) is 8.16. The van der Waals surface area contributed by atoms with Crippen LogP contribution < -0.4 is 5.46 Å². The lowest BCUT2D eigenvalue weighted by Gasteiger charge is -2.04. The van der Waals surface area contributed by atoms with E-state index >= 15 is 0 Å². The van der Waals surface area contributed by atoms with Gasteiger partial charge in [0.05, 0.1) is 0 Å². The molecule has 1 aromatic carbocycles. The summed E-state index contributed by atoms with van der Waals surface area (Å²) in [5.74, 6) is 0. The number of aryl methyl sites for hydroxylation is 1. The Balaban J connectivity index is 2.69. The summed E-state index contributed by atoms with van der Waals surface area (Å²) in [6, 6.07) is 7.86. The summed E-state index contributed by atoms with van der Waals surface area (Å²) in [6.45, 7) is 2.15. The summed E-state index contributed by atoms with van der Waals surface area (Å²) < 4.78 is 4.79. The van der Waals surface area contributed by atoms with E-state index in [4.69, 9.17) is 4.65 Å². The second kappa shape index (κ2) is 5.05. The first-order valence-electron chi connectivity index (χ1n) is 4.57. The first-order chi connectivity index (χ1) is 6.27. The molecule has 0 saturated carbocycles. The van der Waals surface area contributed by atoms with Crippen LogP contribution >= 0.6 is 0 Å². The highest BCUT2D eigenvalue weighted by Gasteiger charge is 2.12. The Kier molecular flexibility index (Phi) is 3.99. The highest BCUT2D eigenvalue weighted by Crippen LogP contribution is 2.00. The average molecular weight is 178 g/mol. The van der Waals surface area contributed by atoms with Gasteiger partial charge in [-0.1, -0.05) is 37.6 Å². The third kappa shape index (κ3) is 2.86. The van der Waals surface area contributed by atoms with Crippen LogP contribution in [0.1, 0.15) is 18.9 Å². The molecule has 70 valence electrons. The van der Waals surface area contributed by atoms with E-state index in [1.165, 1.54) is 12.7 Å². The van der Waals surface area contributed by atoms with Crippen LogP contribution in [-0.2, 0) is 11.1 Å². The minimum absolute atomic E-state index is 0.796. The number of rotatable bonds is 4. The van der Waals surface area contributed by atoms with Crippen LogP contribution in [0, 0.1) is 0 Å². The molecule has 0 heterocycles. The molecular formula is C10H15BO2. The van der Waals surface area contributed by atoms with Crippen molar-refractivity contribution >= 4 is 12.6 Å². The van der Waals surface area contributed by atoms with Gasteiger partial charge in [-0.15, -0.1) is 0 Å². The fourth-order valence-electron chi connectivity index (χ4n) is 1.27. The fraction of sp³-hybridized carbons (Fsp3) is 0.400. The van der Waals surface area contributed by atoms with Crippen LogP contribution in [0.2, 0.25) is 0 Å². The molecule has 1 aromatic rings. The maximum absolute atomic E-state index is 9.33. The van der Waals surface area contributed by atoms with Crippen LogP contribution in [0.4, 0.5) is 0 Å². The van der Waals surface area contributed by atoms with Crippen molar-refractivity contribution in [3.63, 3.8) is 0 Å². The second-order valence-corrected chi connectivity index (χ2v) is 3.08. The molecule has 1 N–H and O–H groups in total. The molecule has 0 aliphatic heterocycles. The van der Waals surface area contributed by atoms with E-state index in [1.807, 2.05) is 24.3 Å². The maximum atomic E-state index is 9.33. The average Bonchev–Trinajstić information content (AvgIpc) is 2.18. The van der Waals surface area contributed by atoms with Gasteiger partial charge in [0, 0.05) is 7.11 Å². The Labute approximate surface area is 79.7 Å². The minimum Gasteiger partial charge on any atom is -0.423 e. The Morgan fingerprint density at radius 2 is 1.92 bits per heavy atom. The Morgan fingerprint density at radius 1 is 1.31 bits per heavy atom. The van der Waals surface area contributed by atoms with Crippen molar-refractivity contribution < 1.29 is 9.68 Å². The summed E-state index contributed by atoms with van der Waals surface area (Å²) in [4.78, 5) is 0. The van der Waals surface area contributed by atoms with Crippen molar-refractivity contribution in [2.45, 2.75) is 19.8 Å². The first-order valence-corrected chi connectivity index (χ1v) is 4.57. The molecule has 0 aliphatic rings. The van der Waals surface area contributed by atoms with Crippen molar-refractivity contribution in [2.24, 2.45) is 0 Å². The smallest absolute Gasteiger partial charge is 0.423 e. The monoisotopic (exact) mass is 178 g/mol. The van der Waals surface area contributed by atoms with Gasteiger partial charge < -0.3 is 9.68 Å². The summed E-state index contributed by atoms with van der Waals surface area (Å²) >= 11 is 0. The Morgan fingerprint density at radius 3 is 2.38 bits per heavy atom. The summed E-state index contributed by atoms with van der Waals surface area (Å²) in [7, 11) is 0.695. The number of hydrogen-bond acceptors (Lipinski definition) is 2. The normalized spacial score (nSPS) is 10.1. The highest BCUT2D eigenvalue weighted by molar-refractivity contribution is 6.59. The van der Waals surface area contributed by atoms with E-state index in [0.717, 1.165) is 18.3 Å². The lowest BCUT2D eigenvalue weighted by Crippen LogP contribution is -2.32. The largest absolute Gasteiger partial charge is 0.490 e. The Bertz CT molecular complexity index is 246. The topological polar surface area (TPSA) is 29.5 Å². The Hall–Kier alpha value is -0.795. The maximum Gasteiger partial charge on any atom is 0.490 e. The second-order valence-electron chi connectivity index (χ2n) is 3.08. The lowest BCUT2D eigenvalue weighted by molar-refractivity contribution is 0.341. The van der Waals surface area contributed by atoms with Crippen LogP contribution in [0.5, 0.6) is 0 Å². The van der Waals surface area contributed by atoms with Gasteiger partial charge >= 0.3 is 7.12 Å². The molecule has 3 heteroatoms. The van der Waals surface area contributed by atoms with Crippen molar-refractivity contribution in [1.29, 1.82) is 0 Å². The molecular weight excluding hydrogens is 163 g/mol. The van der Waals surface area contributed by atoms with Gasteiger partial charge in [0.1, 0.15) is 0 Å². The van der Waals surface area contributed by atoms with Crippen molar-refractivity contribution in [1.82, 2.24) is 0 Å². The van der Waals surface area contributed by atoms with E-state index in [1.54, 1.807) is 0 Å². The van der Waals surface area contributed by atoms with E-state index in [0.29, 0.717) is 0 Å². The van der Waals surface area contributed by atoms with Crippen molar-refractivity contribution in [2.75, 3.05) is 7.11 Å². The summed E-state index contributed by atoms with van der Waals surface area (Å²) in [6.07, 6.45) is 2.23. The highest BCUT2D eigenvalue weighted by atomic mass is 16.5. The molecule has 0 radical (unpaired) electrons. The fourth-order valence-corrected chi connectivity index (χ4v) is 1.27. The molecule has 13 heavy (non-hydrogen) atoms. The minimum atomic E-state index is -0.796. The molecule has 0 bridgehead atoms. The van der Waals surface area contributed by atoms with Crippen molar-refractivity contribution in [3.05, 3.63) is 29.8 Å². The molecule has 0 atom stereocenters. The van der Waals surface area contributed by atoms with Gasteiger partial charge in [0.15, 0.2) is 0 Å². The van der Waals surface area contributed by atoms with Crippen LogP contribution in [-0.4, -0.2) is 19.3 Å². The first kappa shape index (κ1) is 10.3. The molecule has 0 saturated heterocycles. The van der Waals surface area contributed by atoms with Gasteiger partial charge in [-0.2, -0.15) is 0 Å². The lowest BCUT2D eigenvalue weighted by atomic mass is 9.79. The molecule has 0 aromatic heterocycles. The SMILES string of the molecule is CCCc1ccc(B(O)OC)cc1. The van der Waals surface area contributed by atoms with Crippen molar-refractivity contribution in [3.8, 4) is 0 Å². The molecule has 0 amide bonds. The van der Waals surface area contributed by atoms with Gasteiger partial charge in [0.25, 0.3) is 0 Å². The van der Waals surface area contributed by atoms with E-state index in [2.05, 4.69) is 6.92 Å². The zero-order valence-corrected chi connectivity index (χ0v) is 8.16.